The number of carbonyl (C=O) groups excluding carboxylic acids is 2. The smallest absolute Gasteiger partial charge is 0.338 e. The number of ether oxygens (including phenoxy) is 2. The fourth-order valence-corrected chi connectivity index (χ4v) is 7.16. The minimum absolute atomic E-state index is 0.0279. The second-order valence-electron chi connectivity index (χ2n) is 11.4. The lowest BCUT2D eigenvalue weighted by Crippen LogP contribution is -2.45. The molecule has 3 saturated carbocycles. The third kappa shape index (κ3) is 5.47. The highest BCUT2D eigenvalue weighted by molar-refractivity contribution is 5.91. The Kier molecular flexibility index (Phi) is 8.37. The number of unbranched alkanes of at least 4 members (excludes halogenated alkanes) is 1. The van der Waals surface area contributed by atoms with Crippen molar-refractivity contribution in [1.82, 2.24) is 0 Å². The maximum Gasteiger partial charge on any atom is 0.338 e. The zero-order valence-corrected chi connectivity index (χ0v) is 22.7. The number of esters is 2. The van der Waals surface area contributed by atoms with Gasteiger partial charge in [0, 0.05) is 30.1 Å². The lowest BCUT2D eigenvalue weighted by atomic mass is 9.78. The van der Waals surface area contributed by atoms with Crippen LogP contribution in [0.2, 0.25) is 0 Å². The van der Waals surface area contributed by atoms with Crippen LogP contribution in [-0.2, 0) is 9.47 Å². The van der Waals surface area contributed by atoms with E-state index in [-0.39, 0.29) is 29.8 Å². The van der Waals surface area contributed by atoms with Crippen LogP contribution in [0.15, 0.2) is 48.5 Å². The van der Waals surface area contributed by atoms with Gasteiger partial charge in [-0.3, -0.25) is 0 Å². The third-order valence-electron chi connectivity index (χ3n) is 9.08. The second-order valence-corrected chi connectivity index (χ2v) is 11.4. The van der Waals surface area contributed by atoms with Gasteiger partial charge in [-0.15, -0.1) is 0 Å². The molecular weight excluding hydrogens is 476 g/mol. The van der Waals surface area contributed by atoms with Gasteiger partial charge >= 0.3 is 11.9 Å². The zero-order chi connectivity index (χ0) is 26.6. The number of rotatable bonds is 11. The largest absolute Gasteiger partial charge is 0.455 e. The highest BCUT2D eigenvalue weighted by Gasteiger charge is 2.62. The Balaban J connectivity index is 1.27. The summed E-state index contributed by atoms with van der Waals surface area (Å²) in [6.45, 7) is 5.18. The van der Waals surface area contributed by atoms with Crippen molar-refractivity contribution in [2.75, 3.05) is 11.9 Å². The van der Waals surface area contributed by atoms with Crippen molar-refractivity contribution in [3.05, 3.63) is 65.2 Å². The summed E-state index contributed by atoms with van der Waals surface area (Å²) in [4.78, 5) is 26.4. The molecule has 7 atom stereocenters. The Morgan fingerprint density at radius 3 is 1.92 bits per heavy atom. The van der Waals surface area contributed by atoms with Gasteiger partial charge in [0.2, 0.25) is 0 Å². The van der Waals surface area contributed by atoms with Gasteiger partial charge in [-0.05, 0) is 85.9 Å². The highest BCUT2D eigenvalue weighted by atomic mass is 16.6. The molecular formula is C32H42N2O4. The quantitative estimate of drug-likeness (QED) is 0.260. The average molecular weight is 519 g/mol. The van der Waals surface area contributed by atoms with E-state index in [2.05, 4.69) is 19.2 Å². The molecule has 38 heavy (non-hydrogen) atoms. The van der Waals surface area contributed by atoms with Crippen LogP contribution in [0.25, 0.3) is 0 Å². The van der Waals surface area contributed by atoms with Crippen LogP contribution < -0.4 is 11.1 Å². The van der Waals surface area contributed by atoms with Gasteiger partial charge in [0.1, 0.15) is 12.2 Å². The van der Waals surface area contributed by atoms with Gasteiger partial charge in [-0.2, -0.15) is 0 Å². The predicted octanol–water partition coefficient (Wildman–Crippen LogP) is 6.52. The SMILES string of the molecule is CCCCNc1ccc(C(=O)OC2C3CC(C4CCCC43)C2OC(=O)c2ccc(C(N)CCC)cc2)cc1. The van der Waals surface area contributed by atoms with E-state index in [1.165, 1.54) is 19.3 Å². The number of hydrogen-bond donors (Lipinski definition) is 2. The molecule has 0 aliphatic heterocycles. The highest BCUT2D eigenvalue weighted by Crippen LogP contribution is 2.60. The lowest BCUT2D eigenvalue weighted by Gasteiger charge is -2.37. The van der Waals surface area contributed by atoms with Crippen LogP contribution in [0.4, 0.5) is 5.69 Å². The monoisotopic (exact) mass is 518 g/mol. The summed E-state index contributed by atoms with van der Waals surface area (Å²) in [6.07, 6.45) is 7.89. The molecule has 2 aromatic rings. The molecule has 2 bridgehead atoms. The van der Waals surface area contributed by atoms with E-state index in [1.54, 1.807) is 12.1 Å². The van der Waals surface area contributed by atoms with Gasteiger partial charge in [-0.25, -0.2) is 9.59 Å². The number of hydrogen-bond acceptors (Lipinski definition) is 6. The number of anilines is 1. The number of nitrogens with one attached hydrogen (secondary N) is 1. The molecule has 0 amide bonds. The topological polar surface area (TPSA) is 90.6 Å². The average Bonchev–Trinajstić information content (AvgIpc) is 3.63. The van der Waals surface area contributed by atoms with Crippen LogP contribution in [0.1, 0.15) is 97.5 Å². The zero-order valence-electron chi connectivity index (χ0n) is 22.7. The van der Waals surface area contributed by atoms with Crippen molar-refractivity contribution in [3.63, 3.8) is 0 Å². The van der Waals surface area contributed by atoms with Crippen LogP contribution >= 0.6 is 0 Å². The molecule has 3 aliphatic carbocycles. The summed E-state index contributed by atoms with van der Waals surface area (Å²) in [5.41, 5.74) is 9.30. The minimum Gasteiger partial charge on any atom is -0.455 e. The van der Waals surface area contributed by atoms with Gasteiger partial charge in [0.25, 0.3) is 0 Å². The summed E-state index contributed by atoms with van der Waals surface area (Å²) >= 11 is 0. The Morgan fingerprint density at radius 1 is 0.842 bits per heavy atom. The molecule has 0 radical (unpaired) electrons. The molecule has 3 N–H and O–H groups in total. The first-order valence-corrected chi connectivity index (χ1v) is 14.6. The normalized spacial score (nSPS) is 28.1. The van der Waals surface area contributed by atoms with Crippen molar-refractivity contribution in [3.8, 4) is 0 Å². The third-order valence-corrected chi connectivity index (χ3v) is 9.08. The van der Waals surface area contributed by atoms with E-state index < -0.39 is 12.2 Å². The van der Waals surface area contributed by atoms with E-state index in [0.29, 0.717) is 23.0 Å². The fourth-order valence-electron chi connectivity index (χ4n) is 7.16. The first-order valence-electron chi connectivity index (χ1n) is 14.6. The molecule has 5 rings (SSSR count). The molecule has 3 fully saturated rings. The summed E-state index contributed by atoms with van der Waals surface area (Å²) in [5, 5.41) is 3.38. The van der Waals surface area contributed by atoms with Gasteiger partial charge in [-0.1, -0.05) is 45.2 Å². The maximum atomic E-state index is 13.2. The van der Waals surface area contributed by atoms with E-state index in [9.17, 15) is 9.59 Å². The van der Waals surface area contributed by atoms with Crippen molar-refractivity contribution < 1.29 is 19.1 Å². The fraction of sp³-hybridized carbons (Fsp3) is 0.562. The van der Waals surface area contributed by atoms with E-state index >= 15 is 0 Å². The summed E-state index contributed by atoms with van der Waals surface area (Å²) in [5.74, 6) is 0.965. The van der Waals surface area contributed by atoms with Crippen molar-refractivity contribution >= 4 is 17.6 Å². The first-order chi connectivity index (χ1) is 18.5. The van der Waals surface area contributed by atoms with E-state index in [4.69, 9.17) is 15.2 Å². The van der Waals surface area contributed by atoms with E-state index in [1.807, 2.05) is 36.4 Å². The van der Waals surface area contributed by atoms with E-state index in [0.717, 1.165) is 49.9 Å². The van der Waals surface area contributed by atoms with Crippen molar-refractivity contribution in [2.45, 2.75) is 83.5 Å². The van der Waals surface area contributed by atoms with Crippen molar-refractivity contribution in [2.24, 2.45) is 29.4 Å². The van der Waals surface area contributed by atoms with Crippen LogP contribution in [0, 0.1) is 23.7 Å². The number of nitrogens with two attached hydrogens (primary N) is 1. The second kappa shape index (κ2) is 11.9. The molecule has 2 aromatic carbocycles. The van der Waals surface area contributed by atoms with Gasteiger partial charge in [0.15, 0.2) is 0 Å². The standard InChI is InChI=1S/C32H42N2O4/c1-3-5-18-34-23-16-14-22(15-17-23)32(36)38-30-27-19-26(24-8-6-9-25(24)27)29(30)37-31(35)21-12-10-20(11-13-21)28(33)7-4-2/h10-17,24-30,34H,3-9,18-19,33H2,1-2H3. The molecule has 0 aromatic heterocycles. The maximum absolute atomic E-state index is 13.2. The molecule has 0 heterocycles. The predicted molar refractivity (Wildman–Crippen MR) is 149 cm³/mol. The number of fused-ring (bicyclic) bond motifs is 5. The number of carbonyl (C=O) groups is 2. The molecule has 0 spiro atoms. The molecule has 204 valence electrons. The molecule has 6 nitrogen and oxygen atoms in total. The molecule has 7 unspecified atom stereocenters. The van der Waals surface area contributed by atoms with Crippen LogP contribution in [0.3, 0.4) is 0 Å². The Morgan fingerprint density at radius 2 is 1.39 bits per heavy atom. The number of benzene rings is 2. The Hall–Kier alpha value is -2.86. The van der Waals surface area contributed by atoms with Gasteiger partial charge < -0.3 is 20.5 Å². The Labute approximate surface area is 226 Å². The summed E-state index contributed by atoms with van der Waals surface area (Å²) in [6, 6.07) is 14.9. The molecule has 3 aliphatic rings. The lowest BCUT2D eigenvalue weighted by molar-refractivity contribution is -0.0766. The van der Waals surface area contributed by atoms with Crippen molar-refractivity contribution in [1.29, 1.82) is 0 Å². The Bertz CT molecular complexity index is 1100. The molecule has 0 saturated heterocycles. The van der Waals surface area contributed by atoms with Crippen LogP contribution in [0.5, 0.6) is 0 Å². The molecule has 6 heteroatoms. The summed E-state index contributed by atoms with van der Waals surface area (Å²) < 4.78 is 12.3. The first kappa shape index (κ1) is 26.7. The van der Waals surface area contributed by atoms with Gasteiger partial charge in [0.05, 0.1) is 11.1 Å². The minimum atomic E-state index is -0.396. The summed E-state index contributed by atoms with van der Waals surface area (Å²) in [7, 11) is 0. The van der Waals surface area contributed by atoms with Crippen LogP contribution in [-0.4, -0.2) is 30.7 Å².